The highest BCUT2D eigenvalue weighted by Gasteiger charge is 2.36. The van der Waals surface area contributed by atoms with Gasteiger partial charge in [-0.1, -0.05) is 0 Å². The number of esters is 2. The van der Waals surface area contributed by atoms with Crippen LogP contribution in [0.3, 0.4) is 0 Å². The Bertz CT molecular complexity index is 441. The fourth-order valence-corrected chi connectivity index (χ4v) is 1.26. The molecule has 9 heteroatoms. The SMILES string of the molecule is O=C(OC(=O)[C@H](O)[C@@H](O)[C@H](O)[C@H](O)CO)c1ccco1. The summed E-state index contributed by atoms with van der Waals surface area (Å²) in [7, 11) is 0. The monoisotopic (exact) mass is 290 g/mol. The van der Waals surface area contributed by atoms with Gasteiger partial charge in [0.2, 0.25) is 5.76 Å². The van der Waals surface area contributed by atoms with Gasteiger partial charge in [0.15, 0.2) is 6.10 Å². The van der Waals surface area contributed by atoms with E-state index in [2.05, 4.69) is 9.15 Å². The molecular formula is C11H14O9. The van der Waals surface area contributed by atoms with Crippen LogP contribution in [-0.2, 0) is 9.53 Å². The normalized spacial score (nSPS) is 17.1. The van der Waals surface area contributed by atoms with Crippen LogP contribution in [0.25, 0.3) is 0 Å². The van der Waals surface area contributed by atoms with Crippen LogP contribution >= 0.6 is 0 Å². The highest BCUT2D eigenvalue weighted by atomic mass is 16.6. The topological polar surface area (TPSA) is 158 Å². The molecule has 9 nitrogen and oxygen atoms in total. The summed E-state index contributed by atoms with van der Waals surface area (Å²) in [5, 5.41) is 45.7. The van der Waals surface area contributed by atoms with E-state index in [1.807, 2.05) is 0 Å². The van der Waals surface area contributed by atoms with Crippen LogP contribution in [0.4, 0.5) is 0 Å². The molecule has 5 N–H and O–H groups in total. The van der Waals surface area contributed by atoms with Crippen molar-refractivity contribution in [2.24, 2.45) is 0 Å². The predicted molar refractivity (Wildman–Crippen MR) is 60.2 cm³/mol. The second kappa shape index (κ2) is 7.12. The van der Waals surface area contributed by atoms with E-state index in [1.54, 1.807) is 0 Å². The lowest BCUT2D eigenvalue weighted by Gasteiger charge is -2.23. The third-order valence-corrected chi connectivity index (χ3v) is 2.41. The van der Waals surface area contributed by atoms with Gasteiger partial charge in [-0.25, -0.2) is 9.59 Å². The molecule has 0 bridgehead atoms. The Hall–Kier alpha value is -1.78. The quantitative estimate of drug-likeness (QED) is 0.280. The zero-order chi connectivity index (χ0) is 15.3. The van der Waals surface area contributed by atoms with Gasteiger partial charge in [0.25, 0.3) is 0 Å². The predicted octanol–water partition coefficient (Wildman–Crippen LogP) is -2.60. The molecule has 1 aromatic heterocycles. The maximum Gasteiger partial charge on any atom is 0.381 e. The molecule has 0 radical (unpaired) electrons. The number of hydrogen-bond acceptors (Lipinski definition) is 9. The van der Waals surface area contributed by atoms with E-state index in [4.69, 9.17) is 10.2 Å². The van der Waals surface area contributed by atoms with Crippen molar-refractivity contribution in [3.05, 3.63) is 24.2 Å². The molecule has 0 aromatic carbocycles. The largest absolute Gasteiger partial charge is 0.457 e. The van der Waals surface area contributed by atoms with Crippen LogP contribution in [0.5, 0.6) is 0 Å². The highest BCUT2D eigenvalue weighted by Crippen LogP contribution is 2.09. The minimum absolute atomic E-state index is 0.295. The Labute approximate surface area is 112 Å². The molecule has 0 aliphatic heterocycles. The fraction of sp³-hybridized carbons (Fsp3) is 0.455. The van der Waals surface area contributed by atoms with E-state index in [9.17, 15) is 24.9 Å². The number of ether oxygens (including phenoxy) is 1. The van der Waals surface area contributed by atoms with Crippen molar-refractivity contribution < 1.29 is 44.3 Å². The number of hydrogen-bond donors (Lipinski definition) is 5. The molecule has 112 valence electrons. The molecule has 0 saturated carbocycles. The van der Waals surface area contributed by atoms with E-state index in [1.165, 1.54) is 12.1 Å². The molecule has 0 saturated heterocycles. The molecule has 0 amide bonds. The number of carbonyl (C=O) groups is 2. The zero-order valence-corrected chi connectivity index (χ0v) is 10.1. The van der Waals surface area contributed by atoms with Gasteiger partial charge < -0.3 is 34.7 Å². The Morgan fingerprint density at radius 2 is 1.85 bits per heavy atom. The van der Waals surface area contributed by atoms with Gasteiger partial charge >= 0.3 is 11.9 Å². The summed E-state index contributed by atoms with van der Waals surface area (Å²) in [6.45, 7) is -0.897. The van der Waals surface area contributed by atoms with Crippen molar-refractivity contribution in [1.82, 2.24) is 0 Å². The van der Waals surface area contributed by atoms with Crippen LogP contribution in [0.2, 0.25) is 0 Å². The molecule has 1 rings (SSSR count). The van der Waals surface area contributed by atoms with E-state index >= 15 is 0 Å². The van der Waals surface area contributed by atoms with Gasteiger partial charge in [-0.15, -0.1) is 0 Å². The first-order valence-corrected chi connectivity index (χ1v) is 5.51. The summed E-state index contributed by atoms with van der Waals surface area (Å²) >= 11 is 0. The van der Waals surface area contributed by atoms with Gasteiger partial charge in [0.1, 0.15) is 18.3 Å². The standard InChI is InChI=1S/C11H14O9/c12-4-5(13)7(14)8(15)9(16)11(18)20-10(17)6-2-1-3-19-6/h1-3,5,7-9,12-16H,4H2/t5-,7-,8+,9-/m1/s1. The summed E-state index contributed by atoms with van der Waals surface area (Å²) in [6.07, 6.45) is -7.04. The summed E-state index contributed by atoms with van der Waals surface area (Å²) in [5.41, 5.74) is 0. The first-order valence-electron chi connectivity index (χ1n) is 5.51. The molecule has 0 aliphatic carbocycles. The van der Waals surface area contributed by atoms with Crippen molar-refractivity contribution in [3.63, 3.8) is 0 Å². The maximum atomic E-state index is 11.4. The minimum Gasteiger partial charge on any atom is -0.457 e. The number of furan rings is 1. The third kappa shape index (κ3) is 3.85. The van der Waals surface area contributed by atoms with Crippen LogP contribution in [0.1, 0.15) is 10.6 Å². The molecule has 0 spiro atoms. The van der Waals surface area contributed by atoms with E-state index in [0.29, 0.717) is 0 Å². The van der Waals surface area contributed by atoms with Gasteiger partial charge in [0.05, 0.1) is 12.9 Å². The highest BCUT2D eigenvalue weighted by molar-refractivity contribution is 5.96. The van der Waals surface area contributed by atoms with Crippen LogP contribution < -0.4 is 0 Å². The molecule has 0 fully saturated rings. The van der Waals surface area contributed by atoms with Gasteiger partial charge in [-0.05, 0) is 12.1 Å². The maximum absolute atomic E-state index is 11.4. The number of carbonyl (C=O) groups excluding carboxylic acids is 2. The van der Waals surface area contributed by atoms with Crippen LogP contribution in [-0.4, -0.2) is 68.5 Å². The summed E-state index contributed by atoms with van der Waals surface area (Å²) in [4.78, 5) is 22.7. The fourth-order valence-electron chi connectivity index (χ4n) is 1.26. The molecule has 0 unspecified atom stereocenters. The average Bonchev–Trinajstić information content (AvgIpc) is 2.98. The van der Waals surface area contributed by atoms with E-state index in [-0.39, 0.29) is 5.76 Å². The van der Waals surface area contributed by atoms with Gasteiger partial charge in [0, 0.05) is 0 Å². The zero-order valence-electron chi connectivity index (χ0n) is 10.1. The van der Waals surface area contributed by atoms with Crippen molar-refractivity contribution in [2.75, 3.05) is 6.61 Å². The molecule has 1 aromatic rings. The first-order chi connectivity index (χ1) is 9.38. The third-order valence-electron chi connectivity index (χ3n) is 2.41. The molecule has 1 heterocycles. The van der Waals surface area contributed by atoms with Crippen molar-refractivity contribution >= 4 is 11.9 Å². The van der Waals surface area contributed by atoms with Crippen molar-refractivity contribution in [1.29, 1.82) is 0 Å². The lowest BCUT2D eigenvalue weighted by Crippen LogP contribution is -2.49. The second-order valence-corrected chi connectivity index (χ2v) is 3.86. The van der Waals surface area contributed by atoms with E-state index < -0.39 is 43.0 Å². The lowest BCUT2D eigenvalue weighted by molar-refractivity contribution is -0.164. The van der Waals surface area contributed by atoms with Crippen LogP contribution in [0, 0.1) is 0 Å². The summed E-state index contributed by atoms with van der Waals surface area (Å²) in [5.74, 6) is -3.03. The van der Waals surface area contributed by atoms with E-state index in [0.717, 1.165) is 6.26 Å². The van der Waals surface area contributed by atoms with Gasteiger partial charge in [-0.3, -0.25) is 0 Å². The molecule has 4 atom stereocenters. The Morgan fingerprint density at radius 3 is 2.35 bits per heavy atom. The Balaban J connectivity index is 2.60. The number of aliphatic hydroxyl groups is 5. The smallest absolute Gasteiger partial charge is 0.381 e. The average molecular weight is 290 g/mol. The Kier molecular flexibility index (Phi) is 5.80. The molecule has 20 heavy (non-hydrogen) atoms. The number of aliphatic hydroxyl groups excluding tert-OH is 5. The van der Waals surface area contributed by atoms with Gasteiger partial charge in [-0.2, -0.15) is 0 Å². The van der Waals surface area contributed by atoms with Crippen molar-refractivity contribution in [3.8, 4) is 0 Å². The minimum atomic E-state index is -2.29. The van der Waals surface area contributed by atoms with Crippen molar-refractivity contribution in [2.45, 2.75) is 24.4 Å². The van der Waals surface area contributed by atoms with Crippen LogP contribution in [0.15, 0.2) is 22.8 Å². The lowest BCUT2D eigenvalue weighted by atomic mass is 10.0. The summed E-state index contributed by atoms with van der Waals surface area (Å²) < 4.78 is 8.85. The molecule has 0 aliphatic rings. The second-order valence-electron chi connectivity index (χ2n) is 3.86. The first kappa shape index (κ1) is 16.3. The molecular weight excluding hydrogens is 276 g/mol. The summed E-state index contributed by atoms with van der Waals surface area (Å²) in [6, 6.07) is 2.58. The Morgan fingerprint density at radius 1 is 1.20 bits per heavy atom. The number of rotatable bonds is 6.